The molecule has 8 heteroatoms. The van der Waals surface area contributed by atoms with Crippen molar-refractivity contribution in [1.29, 1.82) is 0 Å². The molecule has 0 fully saturated rings. The summed E-state index contributed by atoms with van der Waals surface area (Å²) in [6, 6.07) is 0. The van der Waals surface area contributed by atoms with Crippen LogP contribution in [0.3, 0.4) is 0 Å². The van der Waals surface area contributed by atoms with E-state index < -0.39 is 7.32 Å². The maximum atomic E-state index is 7.17. The number of hydrogen-bond acceptors (Lipinski definition) is 3. The summed E-state index contributed by atoms with van der Waals surface area (Å²) in [5.74, 6) is 0. The van der Waals surface area contributed by atoms with Gasteiger partial charge >= 0.3 is 31.2 Å². The smallest absolute Gasteiger partial charge is 0 e. The van der Waals surface area contributed by atoms with Crippen molar-refractivity contribution in [2.24, 2.45) is 0 Å². The van der Waals surface area contributed by atoms with Gasteiger partial charge in [-0.2, -0.15) is 0 Å². The second-order valence-electron chi connectivity index (χ2n) is 0.346. The summed E-state index contributed by atoms with van der Waals surface area (Å²) in [5, 5.41) is 21.5. The van der Waals surface area contributed by atoms with E-state index in [0.717, 1.165) is 0 Å². The molecule has 0 rings (SSSR count). The Hall–Kier alpha value is 1.95. The molecule has 0 atom stereocenters. The van der Waals surface area contributed by atoms with E-state index in [9.17, 15) is 0 Å². The normalized spacial score (nSPS) is 3.38. The van der Waals surface area contributed by atoms with Gasteiger partial charge in [0.05, 0.1) is 0 Å². The Labute approximate surface area is 90.0 Å². The molecule has 0 spiro atoms. The van der Waals surface area contributed by atoms with Crippen molar-refractivity contribution in [3.8, 4) is 0 Å². The van der Waals surface area contributed by atoms with E-state index in [1.54, 1.807) is 0 Å². The Morgan fingerprint density at radius 2 is 0.875 bits per heavy atom. The molecule has 0 aromatic rings. The fourth-order valence-electron chi connectivity index (χ4n) is 0. The molecule has 8 heavy (non-hydrogen) atoms. The predicted molar refractivity (Wildman–Crippen MR) is 26.0 cm³/mol. The Morgan fingerprint density at radius 3 is 0.875 bits per heavy atom. The van der Waals surface area contributed by atoms with Crippen LogP contribution in [0.15, 0.2) is 0 Å². The van der Waals surface area contributed by atoms with Crippen molar-refractivity contribution < 1.29 is 59.5 Å². The van der Waals surface area contributed by atoms with Crippen LogP contribution in [0.25, 0.3) is 0 Å². The van der Waals surface area contributed by atoms with Crippen molar-refractivity contribution in [2.45, 2.75) is 0 Å². The second-order valence-corrected chi connectivity index (χ2v) is 0.346. The van der Waals surface area contributed by atoms with Crippen molar-refractivity contribution in [3.05, 3.63) is 0 Å². The predicted octanol–water partition coefficient (Wildman–Crippen LogP) is -4.07. The first-order chi connectivity index (χ1) is 1.73. The van der Waals surface area contributed by atoms with Crippen LogP contribution in [0.4, 0.5) is 0 Å². The van der Waals surface area contributed by atoms with Gasteiger partial charge in [0.1, 0.15) is 0 Å². The van der Waals surface area contributed by atoms with Gasteiger partial charge in [0.2, 0.25) is 0 Å². The van der Waals surface area contributed by atoms with Crippen molar-refractivity contribution in [2.75, 3.05) is 0 Å². The SMILES string of the molecule is O.OB(O)O.[SnH3].[Zn].[Zn]. The molecular formula is H8BO4SnZn2. The van der Waals surface area contributed by atoms with Crippen LogP contribution in [0, 0.1) is 0 Å². The molecule has 1 radical (unpaired) electrons. The zero-order valence-electron chi connectivity index (χ0n) is 4.83. The summed E-state index contributed by atoms with van der Waals surface area (Å²) in [6.07, 6.45) is 0. The van der Waals surface area contributed by atoms with Crippen LogP contribution in [-0.4, -0.2) is 51.8 Å². The minimum Gasteiger partial charge on any atom is 0 e. The largest absolute Gasteiger partial charge is 0 e. The minimum atomic E-state index is -2.17. The quantitative estimate of drug-likeness (QED) is 0.394. The summed E-state index contributed by atoms with van der Waals surface area (Å²) in [7, 11) is -2.17. The van der Waals surface area contributed by atoms with Gasteiger partial charge in [0.15, 0.2) is 0 Å². The number of hydrogen-bond donors (Lipinski definition) is 3. The first-order valence-electron chi connectivity index (χ1n) is 0.775. The fraction of sp³-hybridized carbons (Fsp3) is 0. The van der Waals surface area contributed by atoms with Gasteiger partial charge in [0, 0.05) is 39.0 Å². The molecule has 0 saturated heterocycles. The molecule has 0 unspecified atom stereocenters. The zero-order chi connectivity index (χ0) is 3.58. The molecule has 0 heterocycles. The summed E-state index contributed by atoms with van der Waals surface area (Å²) in [5.41, 5.74) is 0. The molecule has 0 aromatic carbocycles. The molecule has 0 bridgehead atoms. The Balaban J connectivity index is -0.00000000750. The minimum absolute atomic E-state index is 0. The van der Waals surface area contributed by atoms with Gasteiger partial charge in [-0.25, -0.2) is 0 Å². The van der Waals surface area contributed by atoms with Crippen LogP contribution < -0.4 is 0 Å². The molecule has 0 aromatic heterocycles. The van der Waals surface area contributed by atoms with Gasteiger partial charge < -0.3 is 20.5 Å². The average Bonchev–Trinajstić information content (AvgIpc) is 0.811. The third-order valence-electron chi connectivity index (χ3n) is 0. The standard InChI is InChI=1S/BH3O3.H2O.Sn.2Zn.3H/c2-1(3)4;;;;;;;/h2-4H;1H2;;;;;;. The van der Waals surface area contributed by atoms with Crippen LogP contribution in [0.2, 0.25) is 0 Å². The van der Waals surface area contributed by atoms with Crippen LogP contribution in [0.5, 0.6) is 0 Å². The van der Waals surface area contributed by atoms with E-state index in [1.165, 1.54) is 0 Å². The van der Waals surface area contributed by atoms with E-state index in [2.05, 4.69) is 0 Å². The van der Waals surface area contributed by atoms with Gasteiger partial charge in [-0.1, -0.05) is 0 Å². The summed E-state index contributed by atoms with van der Waals surface area (Å²) < 4.78 is 0. The average molecular weight is 332 g/mol. The molecule has 0 aliphatic rings. The molecule has 5 N–H and O–H groups in total. The van der Waals surface area contributed by atoms with Gasteiger partial charge in [-0.15, -0.1) is 0 Å². The molecule has 43 valence electrons. The Bertz CT molecular complexity index is 18.8. The zero-order valence-corrected chi connectivity index (χ0v) is 16.5. The molecule has 0 aliphatic carbocycles. The summed E-state index contributed by atoms with van der Waals surface area (Å²) in [6.45, 7) is 0. The van der Waals surface area contributed by atoms with E-state index in [-0.39, 0.29) is 68.3 Å². The molecular weight excluding hydrogens is 324 g/mol. The topological polar surface area (TPSA) is 92.2 Å². The van der Waals surface area contributed by atoms with Crippen LogP contribution in [0.1, 0.15) is 0 Å². The Kier molecular flexibility index (Phi) is 93.9. The molecule has 4 nitrogen and oxygen atoms in total. The molecule has 0 amide bonds. The monoisotopic (exact) mass is 331 g/mol. The van der Waals surface area contributed by atoms with E-state index >= 15 is 0 Å². The van der Waals surface area contributed by atoms with Gasteiger partial charge in [0.25, 0.3) is 0 Å². The van der Waals surface area contributed by atoms with Crippen molar-refractivity contribution in [1.82, 2.24) is 0 Å². The fourth-order valence-corrected chi connectivity index (χ4v) is 0. The maximum absolute atomic E-state index is 7.17. The third-order valence-corrected chi connectivity index (χ3v) is 0. The molecule has 0 saturated carbocycles. The first kappa shape index (κ1) is 32.5. The van der Waals surface area contributed by atoms with E-state index in [0.29, 0.717) is 0 Å². The summed E-state index contributed by atoms with van der Waals surface area (Å²) >= 11 is 0. The molecule has 0 aliphatic heterocycles. The van der Waals surface area contributed by atoms with Gasteiger partial charge in [-0.3, -0.25) is 0 Å². The maximum Gasteiger partial charge on any atom is 0 e. The first-order valence-corrected chi connectivity index (χ1v) is 0.775. The summed E-state index contributed by atoms with van der Waals surface area (Å²) in [4.78, 5) is 0. The van der Waals surface area contributed by atoms with Crippen LogP contribution in [-0.2, 0) is 39.0 Å². The van der Waals surface area contributed by atoms with E-state index in [1.807, 2.05) is 0 Å². The van der Waals surface area contributed by atoms with Crippen molar-refractivity contribution in [3.63, 3.8) is 0 Å². The van der Waals surface area contributed by atoms with E-state index in [4.69, 9.17) is 15.1 Å². The van der Waals surface area contributed by atoms with Gasteiger partial charge in [-0.05, 0) is 0 Å². The third kappa shape index (κ3) is 101. The van der Waals surface area contributed by atoms with Crippen molar-refractivity contribution >= 4 is 31.2 Å². The Morgan fingerprint density at radius 1 is 0.875 bits per heavy atom. The second kappa shape index (κ2) is 23.1. The number of rotatable bonds is 0. The van der Waals surface area contributed by atoms with Crippen LogP contribution >= 0.6 is 0 Å².